The number of hydrogen-bond acceptors (Lipinski definition) is 4. The van der Waals surface area contributed by atoms with Crippen molar-refractivity contribution in [3.8, 4) is 0 Å². The van der Waals surface area contributed by atoms with Crippen LogP contribution in [-0.4, -0.2) is 8.42 Å². The first-order valence-corrected chi connectivity index (χ1v) is 8.04. The topological polar surface area (TPSA) is 98.2 Å². The van der Waals surface area contributed by atoms with Crippen molar-refractivity contribution in [2.75, 3.05) is 11.1 Å². The van der Waals surface area contributed by atoms with Crippen LogP contribution in [0.1, 0.15) is 0 Å². The molecular weight excluding hydrogens is 396 g/mol. The molecule has 0 spiro atoms. The standard InChI is InChI=1S/C12H11FIN3O2S/c13-7-1-4-11(9(14)5-7)17-12-6-8(20(16,18)19)2-3-10(12)15/h1-6,17H,15H2,(H2,16,18,19). The lowest BCUT2D eigenvalue weighted by Gasteiger charge is -2.12. The largest absolute Gasteiger partial charge is 0.397 e. The zero-order chi connectivity index (χ0) is 14.9. The van der Waals surface area contributed by atoms with E-state index in [1.54, 1.807) is 6.07 Å². The molecule has 0 aliphatic carbocycles. The van der Waals surface area contributed by atoms with E-state index < -0.39 is 10.0 Å². The Morgan fingerprint density at radius 1 is 1.10 bits per heavy atom. The van der Waals surface area contributed by atoms with Gasteiger partial charge in [-0.05, 0) is 59.0 Å². The average Bonchev–Trinajstić information content (AvgIpc) is 2.33. The number of sulfonamides is 1. The van der Waals surface area contributed by atoms with Crippen LogP contribution in [-0.2, 0) is 10.0 Å². The van der Waals surface area contributed by atoms with Crippen molar-refractivity contribution in [3.63, 3.8) is 0 Å². The van der Waals surface area contributed by atoms with Gasteiger partial charge in [0.15, 0.2) is 0 Å². The third kappa shape index (κ3) is 3.38. The Morgan fingerprint density at radius 2 is 1.80 bits per heavy atom. The minimum absolute atomic E-state index is 0.0497. The zero-order valence-corrected chi connectivity index (χ0v) is 13.1. The minimum Gasteiger partial charge on any atom is -0.397 e. The van der Waals surface area contributed by atoms with Crippen molar-refractivity contribution in [1.82, 2.24) is 0 Å². The van der Waals surface area contributed by atoms with Gasteiger partial charge in [0.25, 0.3) is 0 Å². The van der Waals surface area contributed by atoms with Crippen LogP contribution in [0.3, 0.4) is 0 Å². The van der Waals surface area contributed by atoms with E-state index in [1.807, 2.05) is 22.6 Å². The molecule has 0 saturated carbocycles. The number of hydrogen-bond donors (Lipinski definition) is 3. The molecule has 0 atom stereocenters. The molecule has 0 fully saturated rings. The third-order valence-corrected chi connectivity index (χ3v) is 4.36. The number of benzene rings is 2. The molecule has 8 heteroatoms. The van der Waals surface area contributed by atoms with Crippen LogP contribution in [0.2, 0.25) is 0 Å². The molecule has 0 unspecified atom stereocenters. The quantitative estimate of drug-likeness (QED) is 0.538. The highest BCUT2D eigenvalue weighted by Gasteiger charge is 2.11. The Bertz CT molecular complexity index is 765. The fourth-order valence-corrected chi connectivity index (χ4v) is 2.71. The lowest BCUT2D eigenvalue weighted by molar-refractivity contribution is 0.598. The second-order valence-electron chi connectivity index (χ2n) is 4.04. The summed E-state index contributed by atoms with van der Waals surface area (Å²) in [6.07, 6.45) is 0. The predicted molar refractivity (Wildman–Crippen MR) is 84.6 cm³/mol. The van der Waals surface area contributed by atoms with Gasteiger partial charge in [-0.2, -0.15) is 0 Å². The van der Waals surface area contributed by atoms with E-state index in [-0.39, 0.29) is 10.7 Å². The maximum absolute atomic E-state index is 13.0. The lowest BCUT2D eigenvalue weighted by atomic mass is 10.2. The third-order valence-electron chi connectivity index (χ3n) is 2.55. The molecule has 5 nitrogen and oxygen atoms in total. The Balaban J connectivity index is 2.43. The van der Waals surface area contributed by atoms with Gasteiger partial charge < -0.3 is 11.1 Å². The average molecular weight is 407 g/mol. The highest BCUT2D eigenvalue weighted by atomic mass is 127. The summed E-state index contributed by atoms with van der Waals surface area (Å²) < 4.78 is 36.3. The summed E-state index contributed by atoms with van der Waals surface area (Å²) in [5.74, 6) is -0.355. The number of primary sulfonamides is 1. The summed E-state index contributed by atoms with van der Waals surface area (Å²) in [7, 11) is -3.81. The van der Waals surface area contributed by atoms with Gasteiger partial charge in [-0.15, -0.1) is 0 Å². The van der Waals surface area contributed by atoms with E-state index in [0.29, 0.717) is 20.6 Å². The second-order valence-corrected chi connectivity index (χ2v) is 6.77. The van der Waals surface area contributed by atoms with Crippen molar-refractivity contribution in [2.24, 2.45) is 5.14 Å². The van der Waals surface area contributed by atoms with Gasteiger partial charge in [-0.25, -0.2) is 17.9 Å². The molecular formula is C12H11FIN3O2S. The maximum atomic E-state index is 13.0. The molecule has 0 bridgehead atoms. The number of rotatable bonds is 3. The fourth-order valence-electron chi connectivity index (χ4n) is 1.56. The Labute approximate surface area is 129 Å². The molecule has 0 aliphatic rings. The van der Waals surface area contributed by atoms with Crippen LogP contribution < -0.4 is 16.2 Å². The first-order valence-electron chi connectivity index (χ1n) is 5.42. The highest BCUT2D eigenvalue weighted by molar-refractivity contribution is 14.1. The van der Waals surface area contributed by atoms with E-state index >= 15 is 0 Å². The molecule has 20 heavy (non-hydrogen) atoms. The molecule has 0 radical (unpaired) electrons. The summed E-state index contributed by atoms with van der Waals surface area (Å²) in [5.41, 5.74) is 7.15. The van der Waals surface area contributed by atoms with Gasteiger partial charge in [-0.1, -0.05) is 0 Å². The van der Waals surface area contributed by atoms with Crippen LogP contribution >= 0.6 is 22.6 Å². The van der Waals surface area contributed by atoms with Crippen LogP contribution in [0.4, 0.5) is 21.5 Å². The Hall–Kier alpha value is -1.39. The van der Waals surface area contributed by atoms with E-state index in [4.69, 9.17) is 10.9 Å². The van der Waals surface area contributed by atoms with Gasteiger partial charge in [0, 0.05) is 3.57 Å². The van der Waals surface area contributed by atoms with Crippen LogP contribution in [0, 0.1) is 9.39 Å². The van der Waals surface area contributed by atoms with Crippen molar-refractivity contribution < 1.29 is 12.8 Å². The number of nitrogens with two attached hydrogens (primary N) is 2. The Morgan fingerprint density at radius 3 is 2.40 bits per heavy atom. The first kappa shape index (κ1) is 15.0. The summed E-state index contributed by atoms with van der Waals surface area (Å²) >= 11 is 1.96. The number of anilines is 3. The van der Waals surface area contributed by atoms with Gasteiger partial charge in [0.1, 0.15) is 5.82 Å². The van der Waals surface area contributed by atoms with Crippen LogP contribution in [0.25, 0.3) is 0 Å². The van der Waals surface area contributed by atoms with Crippen molar-refractivity contribution >= 4 is 49.7 Å². The number of nitrogens with one attached hydrogen (secondary N) is 1. The molecule has 2 aromatic carbocycles. The van der Waals surface area contributed by atoms with E-state index in [0.717, 1.165) is 0 Å². The number of halogens is 2. The summed E-state index contributed by atoms with van der Waals surface area (Å²) in [4.78, 5) is -0.0497. The Kier molecular flexibility index (Phi) is 4.16. The maximum Gasteiger partial charge on any atom is 0.238 e. The smallest absolute Gasteiger partial charge is 0.238 e. The second kappa shape index (κ2) is 5.54. The van der Waals surface area contributed by atoms with E-state index in [1.165, 1.54) is 30.3 Å². The lowest BCUT2D eigenvalue weighted by Crippen LogP contribution is -2.12. The van der Waals surface area contributed by atoms with Gasteiger partial charge >= 0.3 is 0 Å². The van der Waals surface area contributed by atoms with Gasteiger partial charge in [-0.3, -0.25) is 0 Å². The molecule has 2 rings (SSSR count). The molecule has 0 heterocycles. The fraction of sp³-hybridized carbons (Fsp3) is 0. The van der Waals surface area contributed by atoms with Crippen molar-refractivity contribution in [3.05, 3.63) is 45.8 Å². The van der Waals surface area contributed by atoms with Crippen molar-refractivity contribution in [2.45, 2.75) is 4.90 Å². The molecule has 0 amide bonds. The predicted octanol–water partition coefficient (Wildman–Crippen LogP) is 2.40. The van der Waals surface area contributed by atoms with Crippen LogP contribution in [0.15, 0.2) is 41.3 Å². The van der Waals surface area contributed by atoms with Gasteiger partial charge in [0.05, 0.1) is 22.0 Å². The van der Waals surface area contributed by atoms with Crippen LogP contribution in [0.5, 0.6) is 0 Å². The SMILES string of the molecule is Nc1ccc(S(N)(=O)=O)cc1Nc1ccc(F)cc1I. The minimum atomic E-state index is -3.81. The molecule has 0 aliphatic heterocycles. The van der Waals surface area contributed by atoms with Gasteiger partial charge in [0.2, 0.25) is 10.0 Å². The molecule has 2 aromatic rings. The molecule has 5 N–H and O–H groups in total. The summed E-state index contributed by atoms with van der Waals surface area (Å²) in [5, 5.41) is 8.03. The molecule has 0 aromatic heterocycles. The normalized spacial score (nSPS) is 11.3. The number of nitrogen functional groups attached to an aromatic ring is 1. The van der Waals surface area contributed by atoms with E-state index in [2.05, 4.69) is 5.32 Å². The monoisotopic (exact) mass is 407 g/mol. The molecule has 0 saturated heterocycles. The summed E-state index contributed by atoms with van der Waals surface area (Å²) in [6, 6.07) is 8.29. The van der Waals surface area contributed by atoms with Crippen molar-refractivity contribution in [1.29, 1.82) is 0 Å². The zero-order valence-electron chi connectivity index (χ0n) is 10.1. The molecule has 106 valence electrons. The first-order chi connectivity index (χ1) is 9.27. The van der Waals surface area contributed by atoms with E-state index in [9.17, 15) is 12.8 Å². The highest BCUT2D eigenvalue weighted by Crippen LogP contribution is 2.28. The summed E-state index contributed by atoms with van der Waals surface area (Å²) in [6.45, 7) is 0.